The van der Waals surface area contributed by atoms with E-state index in [4.69, 9.17) is 0 Å². The molecule has 2 nitrogen and oxygen atoms in total. The lowest BCUT2D eigenvalue weighted by atomic mass is 9.53. The van der Waals surface area contributed by atoms with Crippen LogP contribution in [-0.4, -0.2) is 11.8 Å². The van der Waals surface area contributed by atoms with Gasteiger partial charge < -0.3 is 5.32 Å². The number of nitrogens with one attached hydrogen (secondary N) is 1. The van der Waals surface area contributed by atoms with Gasteiger partial charge in [-0.1, -0.05) is 0 Å². The number of allylic oxidation sites excluding steroid dienone is 2. The number of hydrogen-bond donors (Lipinski definition) is 1. The second-order valence-electron chi connectivity index (χ2n) is 6.55. The van der Waals surface area contributed by atoms with Gasteiger partial charge in [0.1, 0.15) is 0 Å². The smallest absolute Gasteiger partial charge is 0.0786 e. The highest BCUT2D eigenvalue weighted by Gasteiger charge is 2.50. The maximum absolute atomic E-state index is 4.32. The summed E-state index contributed by atoms with van der Waals surface area (Å²) in [6.45, 7) is 0. The first-order valence-electron chi connectivity index (χ1n) is 7.00. The van der Waals surface area contributed by atoms with Crippen LogP contribution in [0.2, 0.25) is 0 Å². The Balaban J connectivity index is 1.54. The van der Waals surface area contributed by atoms with Crippen molar-refractivity contribution in [3.05, 3.63) is 24.0 Å². The van der Waals surface area contributed by atoms with Crippen molar-refractivity contribution in [2.75, 3.05) is 0 Å². The van der Waals surface area contributed by atoms with Crippen LogP contribution in [0, 0.1) is 17.8 Å². The van der Waals surface area contributed by atoms with Gasteiger partial charge in [-0.3, -0.25) is 4.99 Å². The molecule has 4 aliphatic carbocycles. The van der Waals surface area contributed by atoms with Crippen LogP contribution < -0.4 is 5.32 Å². The van der Waals surface area contributed by atoms with E-state index in [1.807, 2.05) is 12.3 Å². The number of nitrogens with zero attached hydrogens (tertiary/aromatic N) is 1. The summed E-state index contributed by atoms with van der Waals surface area (Å²) in [7, 11) is 0. The van der Waals surface area contributed by atoms with Gasteiger partial charge in [0.05, 0.1) is 5.70 Å². The molecule has 2 heteroatoms. The van der Waals surface area contributed by atoms with Crippen LogP contribution in [0.25, 0.3) is 0 Å². The zero-order valence-electron chi connectivity index (χ0n) is 10.2. The molecule has 1 heterocycles. The fourth-order valence-electron chi connectivity index (χ4n) is 4.91. The van der Waals surface area contributed by atoms with Crippen molar-refractivity contribution in [1.82, 2.24) is 5.32 Å². The molecule has 90 valence electrons. The van der Waals surface area contributed by atoms with Crippen LogP contribution in [0.5, 0.6) is 0 Å². The van der Waals surface area contributed by atoms with Gasteiger partial charge in [-0.05, 0) is 68.4 Å². The van der Waals surface area contributed by atoms with E-state index in [9.17, 15) is 0 Å². The van der Waals surface area contributed by atoms with Crippen LogP contribution in [0.1, 0.15) is 38.5 Å². The van der Waals surface area contributed by atoms with Crippen molar-refractivity contribution in [2.24, 2.45) is 22.7 Å². The lowest BCUT2D eigenvalue weighted by molar-refractivity contribution is -0.0130. The van der Waals surface area contributed by atoms with Crippen molar-refractivity contribution in [3.8, 4) is 0 Å². The Hall–Kier alpha value is -1.05. The summed E-state index contributed by atoms with van der Waals surface area (Å²) in [5.74, 6) is 3.03. The Labute approximate surface area is 103 Å². The minimum Gasteiger partial charge on any atom is -0.384 e. The molecule has 4 saturated carbocycles. The van der Waals surface area contributed by atoms with Crippen molar-refractivity contribution in [1.29, 1.82) is 0 Å². The van der Waals surface area contributed by atoms with Crippen LogP contribution >= 0.6 is 0 Å². The molecule has 0 aromatic heterocycles. The van der Waals surface area contributed by atoms with Gasteiger partial charge in [-0.2, -0.15) is 0 Å². The molecule has 1 N–H and O–H groups in total. The molecule has 1 aliphatic heterocycles. The lowest BCUT2D eigenvalue weighted by Gasteiger charge is -2.56. The fourth-order valence-corrected chi connectivity index (χ4v) is 4.91. The zero-order chi connectivity index (χ0) is 11.3. The van der Waals surface area contributed by atoms with Gasteiger partial charge in [0, 0.05) is 18.0 Å². The molecule has 0 radical (unpaired) electrons. The van der Waals surface area contributed by atoms with Crippen molar-refractivity contribution in [2.45, 2.75) is 44.1 Å². The van der Waals surface area contributed by atoms with Crippen LogP contribution in [0.15, 0.2) is 29.0 Å². The van der Waals surface area contributed by atoms with E-state index in [0.717, 1.165) is 23.5 Å². The summed E-state index contributed by atoms with van der Waals surface area (Å²) in [6.07, 6.45) is 16.8. The molecule has 5 rings (SSSR count). The summed E-state index contributed by atoms with van der Waals surface area (Å²) in [6, 6.07) is 0. The topological polar surface area (TPSA) is 24.4 Å². The molecule has 17 heavy (non-hydrogen) atoms. The van der Waals surface area contributed by atoms with Crippen LogP contribution in [-0.2, 0) is 0 Å². The third kappa shape index (κ3) is 1.65. The Bertz CT molecular complexity index is 367. The third-order valence-electron chi connectivity index (χ3n) is 5.14. The molecule has 5 aliphatic rings. The summed E-state index contributed by atoms with van der Waals surface area (Å²) in [4.78, 5) is 4.32. The van der Waals surface area contributed by atoms with Gasteiger partial charge in [0.2, 0.25) is 0 Å². The summed E-state index contributed by atoms with van der Waals surface area (Å²) < 4.78 is 0. The summed E-state index contributed by atoms with van der Waals surface area (Å²) in [5, 5.41) is 3.74. The predicted molar refractivity (Wildman–Crippen MR) is 69.8 cm³/mol. The highest BCUT2D eigenvalue weighted by molar-refractivity contribution is 5.76. The summed E-state index contributed by atoms with van der Waals surface area (Å²) >= 11 is 0. The van der Waals surface area contributed by atoms with E-state index in [1.54, 1.807) is 0 Å². The second-order valence-corrected chi connectivity index (χ2v) is 6.55. The van der Waals surface area contributed by atoms with Crippen molar-refractivity contribution >= 4 is 6.21 Å². The number of hydrogen-bond acceptors (Lipinski definition) is 2. The molecule has 0 atom stereocenters. The van der Waals surface area contributed by atoms with E-state index in [2.05, 4.69) is 22.6 Å². The summed E-state index contributed by atoms with van der Waals surface area (Å²) in [5.41, 5.74) is 1.51. The SMILES string of the molecule is C1=C/C(=C/NC23CC4CC(CC(C4)C2)C3)N=C1. The largest absolute Gasteiger partial charge is 0.384 e. The monoisotopic (exact) mass is 228 g/mol. The fraction of sp³-hybridized carbons (Fsp3) is 0.667. The molecule has 4 bridgehead atoms. The first-order valence-corrected chi connectivity index (χ1v) is 7.00. The van der Waals surface area contributed by atoms with E-state index >= 15 is 0 Å². The first kappa shape index (κ1) is 9.93. The molecule has 0 saturated heterocycles. The highest BCUT2D eigenvalue weighted by atomic mass is 15.0. The van der Waals surface area contributed by atoms with Crippen molar-refractivity contribution < 1.29 is 0 Å². The van der Waals surface area contributed by atoms with Gasteiger partial charge >= 0.3 is 0 Å². The maximum atomic E-state index is 4.32. The lowest BCUT2D eigenvalue weighted by Crippen LogP contribution is -2.56. The Morgan fingerprint density at radius 1 is 1.12 bits per heavy atom. The predicted octanol–water partition coefficient (Wildman–Crippen LogP) is 3.03. The van der Waals surface area contributed by atoms with Crippen LogP contribution in [0.4, 0.5) is 0 Å². The minimum absolute atomic E-state index is 0.424. The normalized spacial score (nSPS) is 48.2. The maximum Gasteiger partial charge on any atom is 0.0786 e. The van der Waals surface area contributed by atoms with E-state index < -0.39 is 0 Å². The average Bonchev–Trinajstić information content (AvgIpc) is 2.77. The molecule has 4 fully saturated rings. The van der Waals surface area contributed by atoms with Gasteiger partial charge in [-0.25, -0.2) is 0 Å². The minimum atomic E-state index is 0.424. The van der Waals surface area contributed by atoms with Crippen LogP contribution in [0.3, 0.4) is 0 Å². The number of rotatable bonds is 2. The third-order valence-corrected chi connectivity index (χ3v) is 5.14. The van der Waals surface area contributed by atoms with E-state index in [-0.39, 0.29) is 0 Å². The van der Waals surface area contributed by atoms with Gasteiger partial charge in [0.25, 0.3) is 0 Å². The molecule has 0 unspecified atom stereocenters. The quantitative estimate of drug-likeness (QED) is 0.772. The standard InChI is InChI=1S/C15H20N2/c1-2-14(16-3-1)10-17-15-7-11-4-12(8-15)6-13(5-11)9-15/h1-3,10-13,17H,4-9H2/b14-10-. The highest BCUT2D eigenvalue weighted by Crippen LogP contribution is 2.55. The molecule has 0 amide bonds. The van der Waals surface area contributed by atoms with E-state index in [0.29, 0.717) is 5.54 Å². The molecular formula is C15H20N2. The zero-order valence-corrected chi connectivity index (χ0v) is 10.2. The molecule has 0 spiro atoms. The van der Waals surface area contributed by atoms with Gasteiger partial charge in [0.15, 0.2) is 0 Å². The molecular weight excluding hydrogens is 208 g/mol. The second kappa shape index (κ2) is 3.47. The molecule has 0 aromatic rings. The molecule has 0 aromatic carbocycles. The Morgan fingerprint density at radius 3 is 2.29 bits per heavy atom. The number of aliphatic imine (C=N–C) groups is 1. The average molecular weight is 228 g/mol. The van der Waals surface area contributed by atoms with Gasteiger partial charge in [-0.15, -0.1) is 0 Å². The Morgan fingerprint density at radius 2 is 1.76 bits per heavy atom. The van der Waals surface area contributed by atoms with E-state index in [1.165, 1.54) is 38.5 Å². The van der Waals surface area contributed by atoms with Crippen molar-refractivity contribution in [3.63, 3.8) is 0 Å². The first-order chi connectivity index (χ1) is 8.31. The Kier molecular flexibility index (Phi) is 2.03.